The first kappa shape index (κ1) is 23.7. The van der Waals surface area contributed by atoms with Gasteiger partial charge in [-0.25, -0.2) is 13.1 Å². The third-order valence-electron chi connectivity index (χ3n) is 4.17. The van der Waals surface area contributed by atoms with Crippen LogP contribution in [0.1, 0.15) is 43.6 Å². The van der Waals surface area contributed by atoms with Gasteiger partial charge in [0.25, 0.3) is 5.91 Å². The molecule has 0 saturated heterocycles. The van der Waals surface area contributed by atoms with Crippen LogP contribution in [0.4, 0.5) is 0 Å². The van der Waals surface area contributed by atoms with Crippen LogP contribution >= 0.6 is 0 Å². The number of para-hydroxylation sites is 1. The Hall–Kier alpha value is -2.58. The summed E-state index contributed by atoms with van der Waals surface area (Å²) in [4.78, 5) is 14.5. The molecule has 0 saturated carbocycles. The number of rotatable bonds is 8. The second-order valence-electron chi connectivity index (χ2n) is 7.92. The smallest absolute Gasteiger partial charge is 0.253 e. The fourth-order valence-corrected chi connectivity index (χ4v) is 4.57. The highest BCUT2D eigenvalue weighted by Gasteiger charge is 2.27. The number of methoxy groups -OCH3 is 1. The predicted octanol–water partition coefficient (Wildman–Crippen LogP) is 3.44. The fourth-order valence-electron chi connectivity index (χ4n) is 2.96. The summed E-state index contributed by atoms with van der Waals surface area (Å²) in [7, 11) is -0.825. The van der Waals surface area contributed by atoms with E-state index in [-0.39, 0.29) is 22.1 Å². The maximum Gasteiger partial charge on any atom is 0.253 e. The average Bonchev–Trinajstić information content (AvgIpc) is 2.66. The molecule has 0 aromatic heterocycles. The SMILES string of the molecule is CCOc1ccccc1CN(C)C(=O)c1ccc(OC)c(S(=O)(=O)NC(C)(C)C)c1. The van der Waals surface area contributed by atoms with Crippen LogP contribution in [-0.2, 0) is 16.6 Å². The second kappa shape index (κ2) is 9.49. The van der Waals surface area contributed by atoms with Crippen molar-refractivity contribution in [2.45, 2.75) is 44.7 Å². The summed E-state index contributed by atoms with van der Waals surface area (Å²) in [5.74, 6) is 0.579. The zero-order valence-corrected chi connectivity index (χ0v) is 19.2. The van der Waals surface area contributed by atoms with Crippen molar-refractivity contribution in [3.63, 3.8) is 0 Å². The molecule has 2 aromatic rings. The molecule has 164 valence electrons. The molecule has 1 N–H and O–H groups in total. The largest absolute Gasteiger partial charge is 0.495 e. The van der Waals surface area contributed by atoms with Crippen molar-refractivity contribution in [1.29, 1.82) is 0 Å². The Morgan fingerprint density at radius 2 is 1.77 bits per heavy atom. The standard InChI is InChI=1S/C22H30N2O5S/c1-7-29-18-11-9-8-10-17(18)15-24(5)21(25)16-12-13-19(28-6)20(14-16)30(26,27)23-22(2,3)4/h8-14,23H,7,15H2,1-6H3. The highest BCUT2D eigenvalue weighted by molar-refractivity contribution is 7.89. The van der Waals surface area contributed by atoms with Crippen LogP contribution in [0.25, 0.3) is 0 Å². The monoisotopic (exact) mass is 434 g/mol. The van der Waals surface area contributed by atoms with E-state index in [1.165, 1.54) is 24.1 Å². The predicted molar refractivity (Wildman–Crippen MR) is 116 cm³/mol. The number of sulfonamides is 1. The van der Waals surface area contributed by atoms with Crippen molar-refractivity contribution in [2.24, 2.45) is 0 Å². The van der Waals surface area contributed by atoms with Crippen LogP contribution in [0.3, 0.4) is 0 Å². The zero-order valence-electron chi connectivity index (χ0n) is 18.4. The van der Waals surface area contributed by atoms with Gasteiger partial charge in [-0.1, -0.05) is 18.2 Å². The van der Waals surface area contributed by atoms with Crippen molar-refractivity contribution in [3.05, 3.63) is 53.6 Å². The molecule has 0 aliphatic carbocycles. The van der Waals surface area contributed by atoms with E-state index in [9.17, 15) is 13.2 Å². The van der Waals surface area contributed by atoms with Gasteiger partial charge in [0.1, 0.15) is 16.4 Å². The van der Waals surface area contributed by atoms with E-state index in [0.29, 0.717) is 18.9 Å². The number of carbonyl (C=O) groups excluding carboxylic acids is 1. The van der Waals surface area contributed by atoms with Gasteiger partial charge in [0.05, 0.1) is 13.7 Å². The number of amides is 1. The lowest BCUT2D eigenvalue weighted by Gasteiger charge is -2.22. The number of nitrogens with zero attached hydrogens (tertiary/aromatic N) is 1. The molecule has 0 radical (unpaired) electrons. The summed E-state index contributed by atoms with van der Waals surface area (Å²) in [5.41, 5.74) is 0.441. The average molecular weight is 435 g/mol. The van der Waals surface area contributed by atoms with E-state index in [4.69, 9.17) is 9.47 Å². The van der Waals surface area contributed by atoms with E-state index in [1.54, 1.807) is 33.9 Å². The minimum Gasteiger partial charge on any atom is -0.495 e. The Morgan fingerprint density at radius 1 is 1.10 bits per heavy atom. The molecule has 7 nitrogen and oxygen atoms in total. The Bertz CT molecular complexity index is 997. The van der Waals surface area contributed by atoms with E-state index in [1.807, 2.05) is 31.2 Å². The van der Waals surface area contributed by atoms with Crippen LogP contribution in [0.2, 0.25) is 0 Å². The summed E-state index contributed by atoms with van der Waals surface area (Å²) in [6.07, 6.45) is 0. The maximum absolute atomic E-state index is 13.0. The third-order valence-corrected chi connectivity index (χ3v) is 5.95. The lowest BCUT2D eigenvalue weighted by atomic mass is 10.1. The van der Waals surface area contributed by atoms with Gasteiger partial charge >= 0.3 is 0 Å². The summed E-state index contributed by atoms with van der Waals surface area (Å²) >= 11 is 0. The van der Waals surface area contributed by atoms with Crippen LogP contribution in [0, 0.1) is 0 Å². The van der Waals surface area contributed by atoms with Gasteiger partial charge in [-0.05, 0) is 52.0 Å². The summed E-state index contributed by atoms with van der Waals surface area (Å²) in [5, 5.41) is 0. The molecule has 8 heteroatoms. The van der Waals surface area contributed by atoms with Gasteiger partial charge in [-0.15, -0.1) is 0 Å². The second-order valence-corrected chi connectivity index (χ2v) is 9.57. The van der Waals surface area contributed by atoms with Gasteiger partial charge in [-0.2, -0.15) is 0 Å². The summed E-state index contributed by atoms with van der Waals surface area (Å²) < 4.78 is 39.1. The van der Waals surface area contributed by atoms with E-state index in [0.717, 1.165) is 5.56 Å². The third kappa shape index (κ3) is 5.96. The van der Waals surface area contributed by atoms with Gasteiger partial charge in [0.15, 0.2) is 0 Å². The van der Waals surface area contributed by atoms with E-state index >= 15 is 0 Å². The quantitative estimate of drug-likeness (QED) is 0.688. The molecular weight excluding hydrogens is 404 g/mol. The van der Waals surface area contributed by atoms with Crippen molar-refractivity contribution in [2.75, 3.05) is 20.8 Å². The molecular formula is C22H30N2O5S. The fraction of sp³-hybridized carbons (Fsp3) is 0.409. The van der Waals surface area contributed by atoms with Gasteiger partial charge in [0, 0.05) is 30.3 Å². The minimum absolute atomic E-state index is 0.0751. The van der Waals surface area contributed by atoms with E-state index in [2.05, 4.69) is 4.72 Å². The summed E-state index contributed by atoms with van der Waals surface area (Å²) in [6.45, 7) is 7.98. The van der Waals surface area contributed by atoms with Crippen molar-refractivity contribution >= 4 is 15.9 Å². The number of carbonyl (C=O) groups is 1. The Kier molecular flexibility index (Phi) is 7.49. The number of hydrogen-bond donors (Lipinski definition) is 1. The topological polar surface area (TPSA) is 84.9 Å². The Morgan fingerprint density at radius 3 is 2.37 bits per heavy atom. The normalized spacial score (nSPS) is 11.8. The highest BCUT2D eigenvalue weighted by atomic mass is 32.2. The van der Waals surface area contributed by atoms with Crippen LogP contribution in [0.5, 0.6) is 11.5 Å². The number of benzene rings is 2. The Balaban J connectivity index is 2.34. The van der Waals surface area contributed by atoms with Crippen LogP contribution < -0.4 is 14.2 Å². The maximum atomic E-state index is 13.0. The first-order valence-corrected chi connectivity index (χ1v) is 11.1. The molecule has 0 bridgehead atoms. The molecule has 0 atom stereocenters. The molecule has 2 aromatic carbocycles. The number of hydrogen-bond acceptors (Lipinski definition) is 5. The summed E-state index contributed by atoms with van der Waals surface area (Å²) in [6, 6.07) is 11.9. The molecule has 1 amide bonds. The first-order valence-electron chi connectivity index (χ1n) is 9.66. The molecule has 0 spiro atoms. The van der Waals surface area contributed by atoms with Crippen molar-refractivity contribution in [1.82, 2.24) is 9.62 Å². The molecule has 30 heavy (non-hydrogen) atoms. The molecule has 0 fully saturated rings. The molecule has 0 aliphatic rings. The Labute approximate surface area is 179 Å². The van der Waals surface area contributed by atoms with Crippen molar-refractivity contribution < 1.29 is 22.7 Å². The molecule has 0 aliphatic heterocycles. The number of nitrogens with one attached hydrogen (secondary N) is 1. The van der Waals surface area contributed by atoms with Gasteiger partial charge < -0.3 is 14.4 Å². The molecule has 2 rings (SSSR count). The van der Waals surface area contributed by atoms with Gasteiger partial charge in [0.2, 0.25) is 10.0 Å². The van der Waals surface area contributed by atoms with E-state index < -0.39 is 15.6 Å². The van der Waals surface area contributed by atoms with Crippen LogP contribution in [-0.4, -0.2) is 45.5 Å². The molecule has 0 unspecified atom stereocenters. The first-order chi connectivity index (χ1) is 14.0. The zero-order chi connectivity index (χ0) is 22.5. The van der Waals surface area contributed by atoms with Crippen molar-refractivity contribution in [3.8, 4) is 11.5 Å². The van der Waals surface area contributed by atoms with Crippen LogP contribution in [0.15, 0.2) is 47.4 Å². The lowest BCUT2D eigenvalue weighted by molar-refractivity contribution is 0.0783. The molecule has 0 heterocycles. The lowest BCUT2D eigenvalue weighted by Crippen LogP contribution is -2.40. The number of ether oxygens (including phenoxy) is 2. The highest BCUT2D eigenvalue weighted by Crippen LogP contribution is 2.27. The van der Waals surface area contributed by atoms with Gasteiger partial charge in [-0.3, -0.25) is 4.79 Å². The minimum atomic E-state index is -3.88.